The Morgan fingerprint density at radius 3 is 0.969 bits per heavy atom. The van der Waals surface area contributed by atoms with E-state index < -0.39 is 0 Å². The van der Waals surface area contributed by atoms with Gasteiger partial charge in [0.2, 0.25) is 0 Å². The maximum absolute atomic E-state index is 5.85. The minimum Gasteiger partial charge on any atom is -0.411 e. The van der Waals surface area contributed by atoms with Gasteiger partial charge in [0.1, 0.15) is 0 Å². The first-order valence-electron chi connectivity index (χ1n) is 25.2. The van der Waals surface area contributed by atoms with E-state index in [-0.39, 0.29) is 76.1 Å². The van der Waals surface area contributed by atoms with Crippen molar-refractivity contribution in [2.75, 3.05) is 39.6 Å². The van der Waals surface area contributed by atoms with Gasteiger partial charge in [0, 0.05) is 44.4 Å². The summed E-state index contributed by atoms with van der Waals surface area (Å²) in [7, 11) is 0.00859. The lowest BCUT2D eigenvalue weighted by Gasteiger charge is -2.45. The highest BCUT2D eigenvalue weighted by molar-refractivity contribution is 6.48. The molecule has 1 unspecified atom stereocenters. The van der Waals surface area contributed by atoms with E-state index in [2.05, 4.69) is 173 Å². The molecule has 6 aliphatic heterocycles. The van der Waals surface area contributed by atoms with Crippen LogP contribution in [0.15, 0.2) is 0 Å². The topological polar surface area (TPSA) is 111 Å². The summed E-state index contributed by atoms with van der Waals surface area (Å²) < 4.78 is 66.8. The van der Waals surface area contributed by atoms with Crippen LogP contribution in [-0.4, -0.2) is 116 Å². The first-order chi connectivity index (χ1) is 29.5. The van der Waals surface area contributed by atoms with Crippen LogP contribution in [0.5, 0.6) is 0 Å². The fourth-order valence-corrected chi connectivity index (χ4v) is 7.59. The smallest absolute Gasteiger partial charge is 0.411 e. The summed E-state index contributed by atoms with van der Waals surface area (Å²) in [4.78, 5) is 0. The molecule has 0 bridgehead atoms. The minimum absolute atomic E-state index is 0.0167. The predicted molar refractivity (Wildman–Crippen MR) is 275 cm³/mol. The van der Waals surface area contributed by atoms with Crippen molar-refractivity contribution in [2.45, 2.75) is 261 Å². The van der Waals surface area contributed by atoms with E-state index in [0.29, 0.717) is 41.0 Å². The van der Waals surface area contributed by atoms with Crippen LogP contribution in [0.4, 0.5) is 0 Å². The van der Waals surface area contributed by atoms with Crippen molar-refractivity contribution in [3.8, 4) is 0 Å². The van der Waals surface area contributed by atoms with E-state index in [0.717, 1.165) is 58.9 Å². The van der Waals surface area contributed by atoms with Gasteiger partial charge in [-0.3, -0.25) is 0 Å². The van der Waals surface area contributed by atoms with E-state index >= 15 is 0 Å². The summed E-state index contributed by atoms with van der Waals surface area (Å²) in [6.45, 7) is 57.8. The van der Waals surface area contributed by atoms with Gasteiger partial charge < -0.3 is 55.9 Å². The van der Waals surface area contributed by atoms with Crippen LogP contribution in [-0.2, 0) is 55.9 Å². The molecule has 65 heavy (non-hydrogen) atoms. The Balaban J connectivity index is 0.000000392. The quantitative estimate of drug-likeness (QED) is 0.237. The molecule has 12 nitrogen and oxygen atoms in total. The molecular formula is C47H100B6O12. The van der Waals surface area contributed by atoms with Crippen LogP contribution in [0.25, 0.3) is 0 Å². The van der Waals surface area contributed by atoms with Gasteiger partial charge in [0.15, 0.2) is 0 Å². The van der Waals surface area contributed by atoms with E-state index in [1.807, 2.05) is 0 Å². The van der Waals surface area contributed by atoms with Gasteiger partial charge >= 0.3 is 42.7 Å². The highest BCUT2D eigenvalue weighted by Gasteiger charge is 2.52. The standard InChI is InChI=1S/C10H21BO2.2C9H19BO2.C8H17BO2.C6H13BO2.C5H11BO2/c1-8(2)11-12-9(3,4)7-10(5,6)13-11;1-7(2)10-11-8(3)6-9(4,5)12-10;1-7(2)10-11-8(3,4)9(5,6)12-10;1-7(2)9-10-5-8(3,4)6-11-9;1-6(2)7-8-4-3-5-9-7;1-5(2)6-7-3-4-8-6/h8H,7H2,1-6H3;7-8H,6H2,1-5H3;7H,1-6H3;7H,5-6H2,1-4H3;6H,3-5H2,1-2H3;5H,3-4H2,1-2H3. The Morgan fingerprint density at radius 2 is 0.677 bits per heavy atom. The first kappa shape index (κ1) is 62.9. The van der Waals surface area contributed by atoms with Crippen molar-refractivity contribution in [3.63, 3.8) is 0 Å². The maximum Gasteiger partial charge on any atom is 0.460 e. The molecule has 6 rings (SSSR count). The molecule has 378 valence electrons. The third-order valence-electron chi connectivity index (χ3n) is 11.6. The van der Waals surface area contributed by atoms with Gasteiger partial charge in [0.25, 0.3) is 0 Å². The average molecular weight is 922 g/mol. The summed E-state index contributed by atoms with van der Waals surface area (Å²) in [5.74, 6) is 2.73. The molecule has 6 fully saturated rings. The molecule has 0 aliphatic carbocycles. The maximum atomic E-state index is 5.85. The Labute approximate surface area is 403 Å². The third kappa shape index (κ3) is 24.5. The number of hydrogen-bond donors (Lipinski definition) is 0. The monoisotopic (exact) mass is 923 g/mol. The van der Waals surface area contributed by atoms with Gasteiger partial charge in [-0.2, -0.15) is 0 Å². The Morgan fingerprint density at radius 1 is 0.369 bits per heavy atom. The zero-order valence-electron chi connectivity index (χ0n) is 46.8. The largest absolute Gasteiger partial charge is 0.460 e. The SMILES string of the molecule is CC(C)B1OC(C)(C)C(C)(C)O1.CC(C)B1OC(C)(C)CC(C)(C)O1.CC(C)B1OCC(C)(C)CO1.CC(C)B1OCCCO1.CC(C)B1OCCO1.CC1CC(C)(C)OB(C(C)C)O1. The molecule has 0 aromatic rings. The molecular weight excluding hydrogens is 821 g/mol. The summed E-state index contributed by atoms with van der Waals surface area (Å²) in [6.07, 6.45) is 3.30. The van der Waals surface area contributed by atoms with Crippen LogP contribution in [0.3, 0.4) is 0 Å². The molecule has 0 spiro atoms. The molecule has 0 aromatic carbocycles. The Hall–Kier alpha value is -0.0904. The predicted octanol–water partition coefficient (Wildman–Crippen LogP) is 12.1. The molecule has 0 radical (unpaired) electrons. The zero-order valence-corrected chi connectivity index (χ0v) is 46.8. The highest BCUT2D eigenvalue weighted by Crippen LogP contribution is 2.40. The second kappa shape index (κ2) is 27.5. The zero-order chi connectivity index (χ0) is 50.4. The second-order valence-electron chi connectivity index (χ2n) is 24.5. The third-order valence-corrected chi connectivity index (χ3v) is 11.6. The molecule has 0 saturated carbocycles. The summed E-state index contributed by atoms with van der Waals surface area (Å²) in [6, 6.07) is 0. The van der Waals surface area contributed by atoms with Gasteiger partial charge in [-0.1, -0.05) is 96.9 Å². The first-order valence-corrected chi connectivity index (χ1v) is 25.2. The normalized spacial score (nSPS) is 25.2. The van der Waals surface area contributed by atoms with Crippen molar-refractivity contribution in [3.05, 3.63) is 0 Å². The number of hydrogen-bond acceptors (Lipinski definition) is 12. The van der Waals surface area contributed by atoms with Gasteiger partial charge in [-0.15, -0.1) is 0 Å². The van der Waals surface area contributed by atoms with Crippen molar-refractivity contribution >= 4 is 42.7 Å². The van der Waals surface area contributed by atoms with E-state index in [1.165, 1.54) is 0 Å². The summed E-state index contributed by atoms with van der Waals surface area (Å²) in [5.41, 5.74) is -0.296. The van der Waals surface area contributed by atoms with Crippen LogP contribution in [0.1, 0.15) is 192 Å². The minimum atomic E-state index is -0.179. The molecule has 0 aromatic heterocycles. The second-order valence-corrected chi connectivity index (χ2v) is 24.5. The summed E-state index contributed by atoms with van der Waals surface area (Å²) >= 11 is 0. The lowest BCUT2D eigenvalue weighted by atomic mass is 9.69. The van der Waals surface area contributed by atoms with Gasteiger partial charge in [0.05, 0.1) is 41.2 Å². The van der Waals surface area contributed by atoms with Crippen LogP contribution in [0, 0.1) is 5.41 Å². The van der Waals surface area contributed by atoms with Crippen molar-refractivity contribution in [2.24, 2.45) is 5.41 Å². The van der Waals surface area contributed by atoms with Crippen molar-refractivity contribution in [1.82, 2.24) is 0 Å². The molecule has 18 heteroatoms. The van der Waals surface area contributed by atoms with Crippen molar-refractivity contribution in [1.29, 1.82) is 0 Å². The lowest BCUT2D eigenvalue weighted by Crippen LogP contribution is -2.52. The van der Waals surface area contributed by atoms with Crippen LogP contribution >= 0.6 is 0 Å². The molecule has 1 atom stereocenters. The average Bonchev–Trinajstić information content (AvgIpc) is 3.77. The van der Waals surface area contributed by atoms with E-state index in [4.69, 9.17) is 55.9 Å². The Kier molecular flexibility index (Phi) is 26.6. The molecule has 6 aliphatic rings. The van der Waals surface area contributed by atoms with Crippen molar-refractivity contribution < 1.29 is 55.9 Å². The van der Waals surface area contributed by atoms with Crippen LogP contribution in [0.2, 0.25) is 34.9 Å². The molecule has 0 amide bonds. The highest BCUT2D eigenvalue weighted by atomic mass is 16.7. The number of rotatable bonds is 6. The Bertz CT molecular complexity index is 1240. The lowest BCUT2D eigenvalue weighted by molar-refractivity contribution is -0.0791. The molecule has 0 N–H and O–H groups in total. The van der Waals surface area contributed by atoms with E-state index in [9.17, 15) is 0 Å². The van der Waals surface area contributed by atoms with Gasteiger partial charge in [-0.05, 0) is 124 Å². The van der Waals surface area contributed by atoms with Crippen LogP contribution < -0.4 is 0 Å². The molecule has 6 saturated heterocycles. The summed E-state index contributed by atoms with van der Waals surface area (Å²) in [5, 5.41) is 0. The fourth-order valence-electron chi connectivity index (χ4n) is 7.59. The fraction of sp³-hybridized carbons (Fsp3) is 1.00. The molecule has 6 heterocycles. The van der Waals surface area contributed by atoms with Gasteiger partial charge in [-0.25, -0.2) is 0 Å². The van der Waals surface area contributed by atoms with E-state index in [1.54, 1.807) is 0 Å².